The van der Waals surface area contributed by atoms with Crippen molar-refractivity contribution in [3.05, 3.63) is 71.0 Å². The summed E-state index contributed by atoms with van der Waals surface area (Å²) in [6, 6.07) is 15.1. The van der Waals surface area contributed by atoms with Crippen LogP contribution in [-0.4, -0.2) is 27.6 Å². The smallest absolute Gasteiger partial charge is 0.338 e. The fraction of sp³-hybridized carbons (Fsp3) is 0.0870. The minimum absolute atomic E-state index is 0.217. The number of aryl methyl sites for hydroxylation is 1. The van der Waals surface area contributed by atoms with Crippen molar-refractivity contribution in [1.82, 2.24) is 14.5 Å². The van der Waals surface area contributed by atoms with E-state index in [-0.39, 0.29) is 6.01 Å². The van der Waals surface area contributed by atoms with Gasteiger partial charge in [-0.3, -0.25) is 4.98 Å². The van der Waals surface area contributed by atoms with E-state index in [1.165, 1.54) is 22.8 Å². The fourth-order valence-corrected chi connectivity index (χ4v) is 3.04. The molecule has 2 heterocycles. The van der Waals surface area contributed by atoms with Crippen molar-refractivity contribution in [2.75, 3.05) is 7.11 Å². The Morgan fingerprint density at radius 2 is 1.90 bits per heavy atom. The number of esters is 1. The Bertz CT molecular complexity index is 1300. The lowest BCUT2D eigenvalue weighted by molar-refractivity contribution is 0.0599. The molecule has 1 aromatic heterocycles. The van der Waals surface area contributed by atoms with Gasteiger partial charge in [-0.1, -0.05) is 24.1 Å². The molecule has 0 bridgehead atoms. The molecule has 148 valence electrons. The number of halogens is 1. The summed E-state index contributed by atoms with van der Waals surface area (Å²) in [7, 11) is 1.33. The first-order valence-electron chi connectivity index (χ1n) is 8.97. The van der Waals surface area contributed by atoms with Crippen LogP contribution in [0.2, 0.25) is 5.02 Å². The summed E-state index contributed by atoms with van der Waals surface area (Å²) in [5, 5.41) is 0.550. The summed E-state index contributed by atoms with van der Waals surface area (Å²) < 4.78 is 12.0. The number of terminal acetylenes is 1. The van der Waals surface area contributed by atoms with E-state index in [0.717, 1.165) is 5.56 Å². The van der Waals surface area contributed by atoms with Crippen LogP contribution in [0.4, 0.5) is 0 Å². The summed E-state index contributed by atoms with van der Waals surface area (Å²) in [4.78, 5) is 20.0. The molecule has 30 heavy (non-hydrogen) atoms. The summed E-state index contributed by atoms with van der Waals surface area (Å²) in [6.45, 7) is 1.81. The Hall–Kier alpha value is -3.82. The minimum Gasteiger partial charge on any atom is -0.465 e. The Morgan fingerprint density at radius 1 is 1.13 bits per heavy atom. The Kier molecular flexibility index (Phi) is 5.13. The number of carbonyl (C=O) groups is 1. The SMILES string of the molecule is C#Cn1c(Oc2ccc(C)c(C(=O)OC)c2)nc2ccc(Cl)cc21.c1ncc2cc1-2. The standard InChI is InChI=1S/C18H13ClN2O3.C5H3N/c1-4-21-16-9-12(19)6-8-15(16)20-18(21)24-13-7-5-11(2)14(10-13)17(22)23-3;1-4-2-6-3-5(1)4/h1,5-10H,2-3H3;1-3H. The van der Waals surface area contributed by atoms with Crippen molar-refractivity contribution in [2.24, 2.45) is 0 Å². The lowest BCUT2D eigenvalue weighted by Crippen LogP contribution is -2.04. The predicted octanol–water partition coefficient (Wildman–Crippen LogP) is 5.08. The monoisotopic (exact) mass is 417 g/mol. The number of rotatable bonds is 3. The summed E-state index contributed by atoms with van der Waals surface area (Å²) in [5.74, 6) is -0.00547. The van der Waals surface area contributed by atoms with Gasteiger partial charge in [-0.05, 0) is 48.9 Å². The molecular formula is C23H16ClN3O3. The number of carbonyl (C=O) groups excluding carboxylic acids is 1. The van der Waals surface area contributed by atoms with Crippen LogP contribution in [-0.2, 0) is 4.74 Å². The van der Waals surface area contributed by atoms with Crippen LogP contribution in [0.1, 0.15) is 15.9 Å². The Balaban J connectivity index is 0.000000305. The van der Waals surface area contributed by atoms with Crippen LogP contribution in [0.5, 0.6) is 11.8 Å². The van der Waals surface area contributed by atoms with Gasteiger partial charge < -0.3 is 9.47 Å². The first kappa shape index (κ1) is 19.5. The van der Waals surface area contributed by atoms with Crippen molar-refractivity contribution >= 4 is 28.6 Å². The van der Waals surface area contributed by atoms with Gasteiger partial charge in [-0.25, -0.2) is 9.36 Å². The molecule has 0 radical (unpaired) electrons. The van der Waals surface area contributed by atoms with E-state index >= 15 is 0 Å². The highest BCUT2D eigenvalue weighted by atomic mass is 35.5. The topological polar surface area (TPSA) is 66.2 Å². The van der Waals surface area contributed by atoms with Gasteiger partial charge in [0.1, 0.15) is 5.75 Å². The third-order valence-electron chi connectivity index (χ3n) is 4.53. The molecule has 5 rings (SSSR count). The first-order valence-corrected chi connectivity index (χ1v) is 9.35. The molecule has 0 unspecified atom stereocenters. The van der Waals surface area contributed by atoms with Crippen LogP contribution in [0.15, 0.2) is 54.9 Å². The largest absolute Gasteiger partial charge is 0.465 e. The van der Waals surface area contributed by atoms with Crippen LogP contribution in [0.3, 0.4) is 0 Å². The minimum atomic E-state index is -0.435. The molecule has 0 saturated heterocycles. The zero-order valence-corrected chi connectivity index (χ0v) is 17.0. The van der Waals surface area contributed by atoms with Gasteiger partial charge in [0.05, 0.1) is 23.7 Å². The van der Waals surface area contributed by atoms with Crippen molar-refractivity contribution < 1.29 is 14.3 Å². The Morgan fingerprint density at radius 3 is 2.50 bits per heavy atom. The number of fused-ring (bicyclic) bond motifs is 2. The number of hydrogen-bond donors (Lipinski definition) is 0. The molecule has 1 aliphatic carbocycles. The van der Waals surface area contributed by atoms with E-state index in [2.05, 4.69) is 22.1 Å². The molecule has 6 nitrogen and oxygen atoms in total. The molecule has 0 amide bonds. The van der Waals surface area contributed by atoms with Gasteiger partial charge in [0.2, 0.25) is 0 Å². The number of imidazole rings is 1. The van der Waals surface area contributed by atoms with Gasteiger partial charge in [0.15, 0.2) is 0 Å². The maximum Gasteiger partial charge on any atom is 0.338 e. The van der Waals surface area contributed by atoms with E-state index in [1.54, 1.807) is 36.4 Å². The maximum atomic E-state index is 11.8. The lowest BCUT2D eigenvalue weighted by atomic mass is 10.1. The molecule has 2 aliphatic rings. The highest BCUT2D eigenvalue weighted by Gasteiger charge is 2.15. The summed E-state index contributed by atoms with van der Waals surface area (Å²) >= 11 is 6.00. The van der Waals surface area contributed by atoms with Crippen molar-refractivity contribution in [3.8, 4) is 35.4 Å². The van der Waals surface area contributed by atoms with Crippen LogP contribution in [0.25, 0.3) is 22.2 Å². The van der Waals surface area contributed by atoms with Gasteiger partial charge >= 0.3 is 12.0 Å². The molecule has 7 heteroatoms. The van der Waals surface area contributed by atoms with Crippen LogP contribution < -0.4 is 4.74 Å². The van der Waals surface area contributed by atoms with Gasteiger partial charge in [-0.2, -0.15) is 4.98 Å². The average Bonchev–Trinajstić information content (AvgIpc) is 3.19. The zero-order chi connectivity index (χ0) is 21.3. The van der Waals surface area contributed by atoms with Crippen LogP contribution in [0, 0.1) is 19.4 Å². The molecule has 0 N–H and O–H groups in total. The molecule has 0 saturated carbocycles. The maximum absolute atomic E-state index is 11.8. The second-order valence-electron chi connectivity index (χ2n) is 6.52. The first-order chi connectivity index (χ1) is 14.5. The normalized spacial score (nSPS) is 10.6. The van der Waals surface area contributed by atoms with Crippen molar-refractivity contribution in [1.29, 1.82) is 0 Å². The van der Waals surface area contributed by atoms with Gasteiger partial charge in [0.25, 0.3) is 0 Å². The Labute approximate surface area is 178 Å². The predicted molar refractivity (Wildman–Crippen MR) is 115 cm³/mol. The molecule has 1 aliphatic heterocycles. The third kappa shape index (κ3) is 3.84. The average molecular weight is 418 g/mol. The fourth-order valence-electron chi connectivity index (χ4n) is 2.87. The van der Waals surface area contributed by atoms with Crippen molar-refractivity contribution in [2.45, 2.75) is 6.92 Å². The third-order valence-corrected chi connectivity index (χ3v) is 4.76. The second kappa shape index (κ2) is 7.90. The quantitative estimate of drug-likeness (QED) is 0.302. The van der Waals surface area contributed by atoms with Gasteiger partial charge in [0, 0.05) is 34.6 Å². The highest BCUT2D eigenvalue weighted by Crippen LogP contribution is 2.31. The molecule has 0 atom stereocenters. The van der Waals surface area contributed by atoms with Crippen LogP contribution >= 0.6 is 11.6 Å². The van der Waals surface area contributed by atoms with E-state index in [9.17, 15) is 4.79 Å². The second-order valence-corrected chi connectivity index (χ2v) is 6.96. The van der Waals surface area contributed by atoms with E-state index in [0.29, 0.717) is 27.4 Å². The van der Waals surface area contributed by atoms with Gasteiger partial charge in [-0.15, -0.1) is 0 Å². The van der Waals surface area contributed by atoms with E-state index in [4.69, 9.17) is 27.5 Å². The number of ether oxygens (including phenoxy) is 2. The number of methoxy groups -OCH3 is 1. The zero-order valence-electron chi connectivity index (χ0n) is 16.2. The molecule has 2 aromatic carbocycles. The number of nitrogens with zero attached hydrogens (tertiary/aromatic N) is 3. The van der Waals surface area contributed by atoms with E-state index < -0.39 is 5.97 Å². The molecule has 3 aromatic rings. The summed E-state index contributed by atoms with van der Waals surface area (Å²) in [6.07, 6.45) is 9.31. The summed E-state index contributed by atoms with van der Waals surface area (Å²) in [5.41, 5.74) is 5.16. The number of hydrogen-bond acceptors (Lipinski definition) is 5. The van der Waals surface area contributed by atoms with E-state index in [1.807, 2.05) is 19.3 Å². The molecular weight excluding hydrogens is 402 g/mol. The lowest BCUT2D eigenvalue weighted by Gasteiger charge is -2.08. The highest BCUT2D eigenvalue weighted by molar-refractivity contribution is 6.31. The number of pyridine rings is 1. The number of aromatic nitrogens is 3. The van der Waals surface area contributed by atoms with Crippen molar-refractivity contribution in [3.63, 3.8) is 0 Å². The molecule has 0 spiro atoms. The number of benzene rings is 2. The molecule has 0 fully saturated rings.